The number of hydrogen-bond acceptors (Lipinski definition) is 4. The molecule has 0 radical (unpaired) electrons. The zero-order chi connectivity index (χ0) is 17.0. The summed E-state index contributed by atoms with van der Waals surface area (Å²) >= 11 is 1.32. The SMILES string of the molecule is CC(C)c1ncc(C(=O)N(C)C(Cc2ccccc2)C(=O)O)s1. The van der Waals surface area contributed by atoms with Gasteiger partial charge in [-0.3, -0.25) is 4.79 Å². The van der Waals surface area contributed by atoms with E-state index in [-0.39, 0.29) is 18.2 Å². The van der Waals surface area contributed by atoms with Crippen LogP contribution in [0.5, 0.6) is 0 Å². The van der Waals surface area contributed by atoms with Gasteiger partial charge in [-0.2, -0.15) is 0 Å². The fourth-order valence-electron chi connectivity index (χ4n) is 2.20. The lowest BCUT2D eigenvalue weighted by molar-refractivity contribution is -0.141. The molecule has 0 aliphatic heterocycles. The van der Waals surface area contributed by atoms with E-state index in [0.717, 1.165) is 10.6 Å². The summed E-state index contributed by atoms with van der Waals surface area (Å²) in [6.07, 6.45) is 1.80. The Kier molecular flexibility index (Phi) is 5.50. The highest BCUT2D eigenvalue weighted by molar-refractivity contribution is 7.13. The highest BCUT2D eigenvalue weighted by atomic mass is 32.1. The molecular formula is C17H20N2O3S. The molecule has 5 nitrogen and oxygen atoms in total. The van der Waals surface area contributed by atoms with E-state index in [0.29, 0.717) is 4.88 Å². The second-order valence-corrected chi connectivity index (χ2v) is 6.74. The van der Waals surface area contributed by atoms with Gasteiger partial charge in [0.2, 0.25) is 0 Å². The number of amides is 1. The standard InChI is InChI=1S/C17H20N2O3S/c1-11(2)15-18-10-14(23-15)16(20)19(3)13(17(21)22)9-12-7-5-4-6-8-12/h4-8,10-11,13H,9H2,1-3H3,(H,21,22). The lowest BCUT2D eigenvalue weighted by atomic mass is 10.0. The number of aromatic nitrogens is 1. The lowest BCUT2D eigenvalue weighted by Gasteiger charge is -2.24. The number of carbonyl (C=O) groups excluding carboxylic acids is 1. The Morgan fingerprint density at radius 3 is 2.43 bits per heavy atom. The molecular weight excluding hydrogens is 312 g/mol. The number of carboxylic acid groups (broad SMARTS) is 1. The minimum atomic E-state index is -1.02. The zero-order valence-electron chi connectivity index (χ0n) is 13.4. The van der Waals surface area contributed by atoms with Crippen LogP contribution >= 0.6 is 11.3 Å². The van der Waals surface area contributed by atoms with Gasteiger partial charge in [0.05, 0.1) is 11.2 Å². The Balaban J connectivity index is 2.17. The summed E-state index contributed by atoms with van der Waals surface area (Å²) in [6, 6.07) is 8.39. The first kappa shape index (κ1) is 17.1. The zero-order valence-corrected chi connectivity index (χ0v) is 14.2. The van der Waals surface area contributed by atoms with Crippen LogP contribution in [-0.4, -0.2) is 40.0 Å². The van der Waals surface area contributed by atoms with Gasteiger partial charge >= 0.3 is 5.97 Å². The first-order valence-corrected chi connectivity index (χ1v) is 8.21. The van der Waals surface area contributed by atoms with Gasteiger partial charge in [-0.15, -0.1) is 11.3 Å². The molecule has 2 aromatic rings. The monoisotopic (exact) mass is 332 g/mol. The molecule has 1 atom stereocenters. The van der Waals surface area contributed by atoms with Crippen LogP contribution in [0, 0.1) is 0 Å². The van der Waals surface area contributed by atoms with E-state index in [4.69, 9.17) is 0 Å². The fraction of sp³-hybridized carbons (Fsp3) is 0.353. The maximum atomic E-state index is 12.5. The van der Waals surface area contributed by atoms with Crippen molar-refractivity contribution in [2.24, 2.45) is 0 Å². The number of aliphatic carboxylic acids is 1. The molecule has 0 bridgehead atoms. The molecule has 0 fully saturated rings. The van der Waals surface area contributed by atoms with E-state index < -0.39 is 12.0 Å². The number of benzene rings is 1. The lowest BCUT2D eigenvalue weighted by Crippen LogP contribution is -2.43. The first-order valence-electron chi connectivity index (χ1n) is 7.39. The van der Waals surface area contributed by atoms with Crippen molar-refractivity contribution in [3.05, 3.63) is 52.0 Å². The van der Waals surface area contributed by atoms with Crippen molar-refractivity contribution >= 4 is 23.2 Å². The van der Waals surface area contributed by atoms with Crippen LogP contribution in [0.25, 0.3) is 0 Å². The van der Waals surface area contributed by atoms with Crippen molar-refractivity contribution in [2.75, 3.05) is 7.05 Å². The van der Waals surface area contributed by atoms with Crippen LogP contribution in [-0.2, 0) is 11.2 Å². The van der Waals surface area contributed by atoms with Gasteiger partial charge in [-0.05, 0) is 5.56 Å². The van der Waals surface area contributed by atoms with Crippen LogP contribution in [0.4, 0.5) is 0 Å². The molecule has 0 aliphatic carbocycles. The third-order valence-electron chi connectivity index (χ3n) is 3.57. The number of hydrogen-bond donors (Lipinski definition) is 1. The Bertz CT molecular complexity index is 682. The Hall–Kier alpha value is -2.21. The van der Waals surface area contributed by atoms with E-state index >= 15 is 0 Å². The molecule has 6 heteroatoms. The molecule has 1 amide bonds. The predicted octanol–water partition coefficient (Wildman–Crippen LogP) is 3.03. The van der Waals surface area contributed by atoms with E-state index in [9.17, 15) is 14.7 Å². The summed E-state index contributed by atoms with van der Waals surface area (Å²) in [5.74, 6) is -1.08. The van der Waals surface area contributed by atoms with E-state index in [1.807, 2.05) is 44.2 Å². The van der Waals surface area contributed by atoms with Gasteiger partial charge in [0, 0.05) is 19.4 Å². The number of carbonyl (C=O) groups is 2. The van der Waals surface area contributed by atoms with Crippen LogP contribution in [0.2, 0.25) is 0 Å². The highest BCUT2D eigenvalue weighted by Crippen LogP contribution is 2.23. The largest absolute Gasteiger partial charge is 0.480 e. The highest BCUT2D eigenvalue weighted by Gasteiger charge is 2.28. The Labute approximate surface area is 139 Å². The van der Waals surface area contributed by atoms with Gasteiger partial charge in [-0.25, -0.2) is 9.78 Å². The van der Waals surface area contributed by atoms with Crippen molar-refractivity contribution in [3.8, 4) is 0 Å². The van der Waals surface area contributed by atoms with E-state index in [1.54, 1.807) is 0 Å². The minimum Gasteiger partial charge on any atom is -0.480 e. The quantitative estimate of drug-likeness (QED) is 0.882. The summed E-state index contributed by atoms with van der Waals surface area (Å²) in [6.45, 7) is 4.01. The molecule has 0 saturated carbocycles. The van der Waals surface area contributed by atoms with Gasteiger partial charge in [0.15, 0.2) is 0 Å². The van der Waals surface area contributed by atoms with Crippen LogP contribution in [0.3, 0.4) is 0 Å². The molecule has 23 heavy (non-hydrogen) atoms. The molecule has 1 aromatic carbocycles. The summed E-state index contributed by atoms with van der Waals surface area (Å²) in [4.78, 5) is 30.1. The minimum absolute atomic E-state index is 0.242. The van der Waals surface area contributed by atoms with E-state index in [1.165, 1.54) is 29.5 Å². The molecule has 1 heterocycles. The average molecular weight is 332 g/mol. The molecule has 122 valence electrons. The molecule has 1 N–H and O–H groups in total. The number of likely N-dealkylation sites (N-methyl/N-ethyl adjacent to an activating group) is 1. The van der Waals surface area contributed by atoms with Crippen molar-refractivity contribution < 1.29 is 14.7 Å². The maximum Gasteiger partial charge on any atom is 0.326 e. The van der Waals surface area contributed by atoms with Crippen LogP contribution in [0.15, 0.2) is 36.5 Å². The summed E-state index contributed by atoms with van der Waals surface area (Å²) in [5, 5.41) is 10.4. The normalized spacial score (nSPS) is 12.2. The second kappa shape index (κ2) is 7.37. The molecule has 2 rings (SSSR count). The van der Waals surface area contributed by atoms with Crippen molar-refractivity contribution in [2.45, 2.75) is 32.2 Å². The van der Waals surface area contributed by atoms with Gasteiger partial charge in [0.1, 0.15) is 10.9 Å². The summed E-state index contributed by atoms with van der Waals surface area (Å²) in [5.41, 5.74) is 0.881. The number of rotatable bonds is 6. The van der Waals surface area contributed by atoms with Crippen LogP contribution < -0.4 is 0 Å². The third-order valence-corrected chi connectivity index (χ3v) is 4.86. The van der Waals surface area contributed by atoms with Gasteiger partial charge in [0.25, 0.3) is 5.91 Å². The number of nitrogens with zero attached hydrogens (tertiary/aromatic N) is 2. The molecule has 0 aliphatic rings. The predicted molar refractivity (Wildman–Crippen MR) is 89.9 cm³/mol. The van der Waals surface area contributed by atoms with E-state index in [2.05, 4.69) is 4.98 Å². The smallest absolute Gasteiger partial charge is 0.326 e. The maximum absolute atomic E-state index is 12.5. The molecule has 0 spiro atoms. The average Bonchev–Trinajstić information content (AvgIpc) is 3.02. The van der Waals surface area contributed by atoms with Crippen molar-refractivity contribution in [3.63, 3.8) is 0 Å². The Morgan fingerprint density at radius 2 is 1.91 bits per heavy atom. The van der Waals surface area contributed by atoms with Crippen LogP contribution in [0.1, 0.15) is 40.0 Å². The Morgan fingerprint density at radius 1 is 1.26 bits per heavy atom. The van der Waals surface area contributed by atoms with Gasteiger partial charge < -0.3 is 10.0 Å². The first-order chi connectivity index (χ1) is 10.9. The summed E-state index contributed by atoms with van der Waals surface area (Å²) in [7, 11) is 1.53. The second-order valence-electron chi connectivity index (χ2n) is 5.68. The molecule has 1 unspecified atom stereocenters. The number of thiazole rings is 1. The molecule has 0 saturated heterocycles. The topological polar surface area (TPSA) is 70.5 Å². The molecule has 1 aromatic heterocycles. The number of carboxylic acids is 1. The third kappa shape index (κ3) is 4.16. The van der Waals surface area contributed by atoms with Crippen molar-refractivity contribution in [1.82, 2.24) is 9.88 Å². The van der Waals surface area contributed by atoms with Gasteiger partial charge in [-0.1, -0.05) is 44.2 Å². The fourth-order valence-corrected chi connectivity index (χ4v) is 3.10. The summed E-state index contributed by atoms with van der Waals surface area (Å²) < 4.78 is 0. The van der Waals surface area contributed by atoms with Crippen molar-refractivity contribution in [1.29, 1.82) is 0 Å².